The second-order valence-corrected chi connectivity index (χ2v) is 4.75. The van der Waals surface area contributed by atoms with E-state index in [4.69, 9.17) is 9.84 Å². The van der Waals surface area contributed by atoms with Crippen LogP contribution in [0.15, 0.2) is 0 Å². The van der Waals surface area contributed by atoms with E-state index in [1.807, 2.05) is 0 Å². The van der Waals surface area contributed by atoms with Gasteiger partial charge in [0.25, 0.3) is 0 Å². The summed E-state index contributed by atoms with van der Waals surface area (Å²) < 4.78 is 4.78. The quantitative estimate of drug-likeness (QED) is 0.529. The molecule has 0 saturated carbocycles. The molecular weight excluding hydrogens is 266 g/mol. The zero-order valence-electron chi connectivity index (χ0n) is 12.4. The number of nitrogens with zero attached hydrogens (tertiary/aromatic N) is 1. The molecule has 0 aliphatic rings. The topological polar surface area (TPSA) is 108 Å². The summed E-state index contributed by atoms with van der Waals surface area (Å²) in [6, 6.07) is -0.540. The number of hydrogen-bond donors (Lipinski definition) is 3. The lowest BCUT2D eigenvalue weighted by molar-refractivity contribution is -0.146. The molecule has 0 bridgehead atoms. The van der Waals surface area contributed by atoms with Crippen molar-refractivity contribution in [2.45, 2.75) is 25.8 Å². The molecule has 116 valence electrons. The Balaban J connectivity index is 4.05. The molecule has 20 heavy (non-hydrogen) atoms. The van der Waals surface area contributed by atoms with Gasteiger partial charge < -0.3 is 25.4 Å². The third-order valence-electron chi connectivity index (χ3n) is 2.92. The van der Waals surface area contributed by atoms with Crippen LogP contribution in [0.5, 0.6) is 0 Å². The molecule has 0 atom stereocenters. The Morgan fingerprint density at radius 1 is 1.20 bits per heavy atom. The van der Waals surface area contributed by atoms with Crippen molar-refractivity contribution in [3.8, 4) is 0 Å². The van der Waals surface area contributed by atoms with Gasteiger partial charge in [0, 0.05) is 33.7 Å². The van der Waals surface area contributed by atoms with Crippen LogP contribution in [0.25, 0.3) is 0 Å². The predicted molar refractivity (Wildman–Crippen MR) is 72.4 cm³/mol. The number of ether oxygens (including phenoxy) is 1. The van der Waals surface area contributed by atoms with Gasteiger partial charge in [0.1, 0.15) is 5.54 Å². The molecule has 0 aromatic rings. The fraction of sp³-hybridized carbons (Fsp3) is 0.750. The number of amides is 3. The largest absolute Gasteiger partial charge is 0.480 e. The summed E-state index contributed by atoms with van der Waals surface area (Å²) in [5.74, 6) is -1.31. The number of carbonyl (C=O) groups is 3. The van der Waals surface area contributed by atoms with Gasteiger partial charge in [0.15, 0.2) is 0 Å². The van der Waals surface area contributed by atoms with Crippen LogP contribution in [0.3, 0.4) is 0 Å². The third-order valence-corrected chi connectivity index (χ3v) is 2.92. The summed E-state index contributed by atoms with van der Waals surface area (Å²) in [5, 5.41) is 14.1. The summed E-state index contributed by atoms with van der Waals surface area (Å²) in [5.41, 5.74) is -1.31. The number of carboxylic acid groups (broad SMARTS) is 1. The van der Waals surface area contributed by atoms with Gasteiger partial charge in [-0.05, 0) is 13.8 Å². The van der Waals surface area contributed by atoms with E-state index >= 15 is 0 Å². The molecule has 0 aromatic carbocycles. The van der Waals surface area contributed by atoms with E-state index in [9.17, 15) is 14.4 Å². The maximum atomic E-state index is 11.7. The summed E-state index contributed by atoms with van der Waals surface area (Å²) in [6.07, 6.45) is 0.122. The van der Waals surface area contributed by atoms with Crippen molar-refractivity contribution in [2.24, 2.45) is 0 Å². The fourth-order valence-corrected chi connectivity index (χ4v) is 1.18. The number of hydrogen-bond acceptors (Lipinski definition) is 4. The van der Waals surface area contributed by atoms with Crippen LogP contribution < -0.4 is 10.6 Å². The van der Waals surface area contributed by atoms with Crippen molar-refractivity contribution < 1.29 is 24.2 Å². The highest BCUT2D eigenvalue weighted by Gasteiger charge is 2.35. The molecule has 0 radical (unpaired) electrons. The standard InChI is InChI=1S/C12H23N3O5/c1-12(2,10(17)18)15(3)11(19)14-6-5-9(16)13-7-8-20-4/h5-8H2,1-4H3,(H,13,16)(H,14,19)(H,17,18). The highest BCUT2D eigenvalue weighted by Crippen LogP contribution is 2.12. The van der Waals surface area contributed by atoms with Crippen molar-refractivity contribution in [3.05, 3.63) is 0 Å². The summed E-state index contributed by atoms with van der Waals surface area (Å²) >= 11 is 0. The van der Waals surface area contributed by atoms with Gasteiger partial charge >= 0.3 is 12.0 Å². The van der Waals surface area contributed by atoms with Crippen molar-refractivity contribution in [1.29, 1.82) is 0 Å². The molecule has 0 aliphatic carbocycles. The van der Waals surface area contributed by atoms with Gasteiger partial charge in [0.05, 0.1) is 6.61 Å². The molecule has 3 N–H and O–H groups in total. The Labute approximate surface area is 118 Å². The molecule has 0 aromatic heterocycles. The molecule has 0 aliphatic heterocycles. The minimum absolute atomic E-state index is 0.122. The smallest absolute Gasteiger partial charge is 0.329 e. The molecule has 0 unspecified atom stereocenters. The molecule has 0 fully saturated rings. The molecular formula is C12H23N3O5. The number of aliphatic carboxylic acids is 1. The Hall–Kier alpha value is -1.83. The van der Waals surface area contributed by atoms with E-state index in [-0.39, 0.29) is 18.9 Å². The Kier molecular flexibility index (Phi) is 7.60. The number of carbonyl (C=O) groups excluding carboxylic acids is 2. The molecule has 8 nitrogen and oxygen atoms in total. The number of nitrogens with one attached hydrogen (secondary N) is 2. The molecule has 0 saturated heterocycles. The van der Waals surface area contributed by atoms with E-state index in [1.54, 1.807) is 0 Å². The lowest BCUT2D eigenvalue weighted by atomic mass is 10.1. The molecule has 0 spiro atoms. The average Bonchev–Trinajstić information content (AvgIpc) is 2.37. The lowest BCUT2D eigenvalue weighted by Crippen LogP contribution is -2.54. The summed E-state index contributed by atoms with van der Waals surface area (Å²) in [7, 11) is 2.93. The second-order valence-electron chi connectivity index (χ2n) is 4.75. The van der Waals surface area contributed by atoms with Crippen LogP contribution in [0, 0.1) is 0 Å². The zero-order valence-corrected chi connectivity index (χ0v) is 12.4. The van der Waals surface area contributed by atoms with Crippen LogP contribution in [0.1, 0.15) is 20.3 Å². The van der Waals surface area contributed by atoms with Gasteiger partial charge in [-0.2, -0.15) is 0 Å². The maximum Gasteiger partial charge on any atom is 0.329 e. The Morgan fingerprint density at radius 2 is 1.80 bits per heavy atom. The van der Waals surface area contributed by atoms with Gasteiger partial charge in [-0.3, -0.25) is 4.79 Å². The number of likely N-dealkylation sites (N-methyl/N-ethyl adjacent to an activating group) is 1. The third kappa shape index (κ3) is 5.87. The van der Waals surface area contributed by atoms with E-state index in [0.717, 1.165) is 4.90 Å². The first-order chi connectivity index (χ1) is 9.23. The zero-order chi connectivity index (χ0) is 15.8. The fourth-order valence-electron chi connectivity index (χ4n) is 1.18. The number of urea groups is 1. The molecule has 0 rings (SSSR count). The number of methoxy groups -OCH3 is 1. The van der Waals surface area contributed by atoms with Gasteiger partial charge in [-0.25, -0.2) is 9.59 Å². The Morgan fingerprint density at radius 3 is 2.30 bits per heavy atom. The highest BCUT2D eigenvalue weighted by atomic mass is 16.5. The van der Waals surface area contributed by atoms with Crippen LogP contribution in [-0.4, -0.2) is 67.3 Å². The first-order valence-electron chi connectivity index (χ1n) is 6.24. The van der Waals surface area contributed by atoms with Crippen molar-refractivity contribution in [3.63, 3.8) is 0 Å². The summed E-state index contributed by atoms with van der Waals surface area (Å²) in [4.78, 5) is 35.2. The highest BCUT2D eigenvalue weighted by molar-refractivity contribution is 5.85. The van der Waals surface area contributed by atoms with Crippen molar-refractivity contribution in [2.75, 3.05) is 33.9 Å². The maximum absolute atomic E-state index is 11.7. The lowest BCUT2D eigenvalue weighted by Gasteiger charge is -2.31. The monoisotopic (exact) mass is 289 g/mol. The van der Waals surface area contributed by atoms with Crippen LogP contribution in [-0.2, 0) is 14.3 Å². The predicted octanol–water partition coefficient (Wildman–Crippen LogP) is -0.356. The molecule has 3 amide bonds. The van der Waals surface area contributed by atoms with Crippen molar-refractivity contribution >= 4 is 17.9 Å². The van der Waals surface area contributed by atoms with Gasteiger partial charge in [0.2, 0.25) is 5.91 Å². The van der Waals surface area contributed by atoms with Crippen LogP contribution >= 0.6 is 0 Å². The minimum atomic E-state index is -1.31. The van der Waals surface area contributed by atoms with E-state index in [2.05, 4.69) is 10.6 Å². The van der Waals surface area contributed by atoms with E-state index in [0.29, 0.717) is 13.2 Å². The molecule has 0 heterocycles. The van der Waals surface area contributed by atoms with Crippen LogP contribution in [0.2, 0.25) is 0 Å². The van der Waals surface area contributed by atoms with Crippen molar-refractivity contribution in [1.82, 2.24) is 15.5 Å². The van der Waals surface area contributed by atoms with Gasteiger partial charge in [-0.15, -0.1) is 0 Å². The SMILES string of the molecule is COCCNC(=O)CCNC(=O)N(C)C(C)(C)C(=O)O. The first-order valence-corrected chi connectivity index (χ1v) is 6.24. The van der Waals surface area contributed by atoms with E-state index in [1.165, 1.54) is 28.0 Å². The van der Waals surface area contributed by atoms with Crippen LogP contribution in [0.4, 0.5) is 4.79 Å². The first kappa shape index (κ1) is 18.2. The van der Waals surface area contributed by atoms with Gasteiger partial charge in [-0.1, -0.05) is 0 Å². The second kappa shape index (κ2) is 8.36. The average molecular weight is 289 g/mol. The Bertz CT molecular complexity index is 357. The number of rotatable bonds is 8. The molecule has 8 heteroatoms. The number of carboxylic acids is 1. The minimum Gasteiger partial charge on any atom is -0.480 e. The van der Waals surface area contributed by atoms with E-state index < -0.39 is 17.5 Å². The normalized spacial score (nSPS) is 10.8. The summed E-state index contributed by atoms with van der Waals surface area (Å²) in [6.45, 7) is 3.82.